The molecule has 0 fully saturated rings. The third kappa shape index (κ3) is 5.87. The smallest absolute Gasteiger partial charge is 0.222 e. The predicted octanol–water partition coefficient (Wildman–Crippen LogP) is 3.25. The number of halogens is 1. The lowest BCUT2D eigenvalue weighted by Crippen LogP contribution is -2.33. The Balaban J connectivity index is 1.78. The maximum atomic E-state index is 13.2. The van der Waals surface area contributed by atoms with Gasteiger partial charge < -0.3 is 15.2 Å². The van der Waals surface area contributed by atoms with Crippen LogP contribution in [0.3, 0.4) is 0 Å². The normalized spacial score (nSPS) is 13.1. The lowest BCUT2D eigenvalue weighted by Gasteiger charge is -2.16. The monoisotopic (exact) mass is 345 g/mol. The molecular weight excluding hydrogens is 321 g/mol. The van der Waals surface area contributed by atoms with Crippen molar-refractivity contribution in [2.24, 2.45) is 5.92 Å². The van der Waals surface area contributed by atoms with Crippen LogP contribution in [-0.4, -0.2) is 24.7 Å². The fraction of sp³-hybridized carbons (Fsp3) is 0.350. The average Bonchev–Trinajstić information content (AvgIpc) is 2.64. The third-order valence-electron chi connectivity index (χ3n) is 4.17. The molecule has 0 aliphatic carbocycles. The van der Waals surface area contributed by atoms with E-state index in [0.717, 1.165) is 5.56 Å². The number of rotatable bonds is 8. The van der Waals surface area contributed by atoms with Gasteiger partial charge in [0.25, 0.3) is 0 Å². The van der Waals surface area contributed by atoms with Crippen LogP contribution in [0.5, 0.6) is 5.75 Å². The first-order chi connectivity index (χ1) is 12.0. The molecule has 0 spiro atoms. The van der Waals surface area contributed by atoms with Crippen molar-refractivity contribution in [2.75, 3.05) is 13.7 Å². The van der Waals surface area contributed by atoms with Crippen molar-refractivity contribution in [2.45, 2.75) is 25.9 Å². The van der Waals surface area contributed by atoms with Crippen LogP contribution >= 0.6 is 0 Å². The Labute approximate surface area is 147 Å². The number of carbonyl (C=O) groups excluding carboxylic acids is 1. The molecule has 0 radical (unpaired) electrons. The second-order valence-corrected chi connectivity index (χ2v) is 6.10. The maximum absolute atomic E-state index is 13.2. The van der Waals surface area contributed by atoms with Crippen LogP contribution in [0.1, 0.15) is 30.6 Å². The van der Waals surface area contributed by atoms with Gasteiger partial charge in [-0.05, 0) is 48.2 Å². The lowest BCUT2D eigenvalue weighted by molar-refractivity contribution is -0.125. The van der Waals surface area contributed by atoms with E-state index in [1.807, 2.05) is 13.0 Å². The molecule has 0 bridgehead atoms. The summed E-state index contributed by atoms with van der Waals surface area (Å²) in [5.41, 5.74) is 1.59. The number of benzene rings is 2. The molecule has 2 N–H and O–H groups in total. The van der Waals surface area contributed by atoms with Crippen molar-refractivity contribution in [3.05, 3.63) is 65.5 Å². The number of methoxy groups -OCH3 is 1. The molecule has 2 rings (SSSR count). The molecule has 5 heteroatoms. The second kappa shape index (κ2) is 9.18. The highest BCUT2D eigenvalue weighted by atomic mass is 19.1. The fourth-order valence-corrected chi connectivity index (χ4v) is 2.52. The van der Waals surface area contributed by atoms with Crippen LogP contribution < -0.4 is 10.1 Å². The van der Waals surface area contributed by atoms with Gasteiger partial charge in [0.05, 0.1) is 13.2 Å². The molecule has 2 atom stereocenters. The van der Waals surface area contributed by atoms with Crippen LogP contribution in [-0.2, 0) is 11.2 Å². The zero-order valence-electron chi connectivity index (χ0n) is 14.5. The molecule has 0 heterocycles. The lowest BCUT2D eigenvalue weighted by atomic mass is 10.00. The number of aryl methyl sites for hydroxylation is 1. The Hall–Kier alpha value is -2.40. The maximum Gasteiger partial charge on any atom is 0.222 e. The Morgan fingerprint density at radius 3 is 2.60 bits per heavy atom. The highest BCUT2D eigenvalue weighted by molar-refractivity contribution is 5.78. The van der Waals surface area contributed by atoms with E-state index in [1.165, 1.54) is 12.1 Å². The molecular formula is C20H24FNO3. The molecule has 0 saturated carbocycles. The molecule has 0 saturated heterocycles. The highest BCUT2D eigenvalue weighted by Crippen LogP contribution is 2.17. The number of carbonyl (C=O) groups is 1. The molecule has 4 nitrogen and oxygen atoms in total. The van der Waals surface area contributed by atoms with Crippen molar-refractivity contribution in [3.8, 4) is 5.75 Å². The van der Waals surface area contributed by atoms with Gasteiger partial charge in [-0.3, -0.25) is 4.79 Å². The van der Waals surface area contributed by atoms with E-state index in [2.05, 4.69) is 5.32 Å². The Morgan fingerprint density at radius 2 is 1.96 bits per heavy atom. The van der Waals surface area contributed by atoms with Gasteiger partial charge in [-0.25, -0.2) is 4.39 Å². The third-order valence-corrected chi connectivity index (χ3v) is 4.17. The zero-order chi connectivity index (χ0) is 18.2. The Kier molecular flexibility index (Phi) is 6.95. The van der Waals surface area contributed by atoms with Crippen molar-refractivity contribution in [1.82, 2.24) is 5.32 Å². The molecule has 2 unspecified atom stereocenters. The highest BCUT2D eigenvalue weighted by Gasteiger charge is 2.15. The molecule has 1 amide bonds. The van der Waals surface area contributed by atoms with E-state index in [1.54, 1.807) is 37.4 Å². The van der Waals surface area contributed by atoms with Crippen molar-refractivity contribution >= 4 is 5.91 Å². The standard InChI is InChI=1S/C20H24FNO3/c1-14(6-7-15-4-3-5-17(21)12-15)20(24)22-13-19(23)16-8-10-18(25-2)11-9-16/h3-5,8-12,14,19,23H,6-7,13H2,1-2H3,(H,22,24). The van der Waals surface area contributed by atoms with E-state index < -0.39 is 6.10 Å². The van der Waals surface area contributed by atoms with Gasteiger partial charge in [0.15, 0.2) is 0 Å². The topological polar surface area (TPSA) is 58.6 Å². The number of amides is 1. The van der Waals surface area contributed by atoms with Gasteiger partial charge in [0.2, 0.25) is 5.91 Å². The summed E-state index contributed by atoms with van der Waals surface area (Å²) in [6, 6.07) is 13.5. The summed E-state index contributed by atoms with van der Waals surface area (Å²) in [6.07, 6.45) is 0.478. The second-order valence-electron chi connectivity index (χ2n) is 6.10. The van der Waals surface area contributed by atoms with E-state index in [9.17, 15) is 14.3 Å². The van der Waals surface area contributed by atoms with Gasteiger partial charge in [-0.1, -0.05) is 31.2 Å². The van der Waals surface area contributed by atoms with E-state index in [4.69, 9.17) is 4.74 Å². The van der Waals surface area contributed by atoms with Crippen LogP contribution in [0.15, 0.2) is 48.5 Å². The minimum atomic E-state index is -0.773. The number of nitrogens with one attached hydrogen (secondary N) is 1. The van der Waals surface area contributed by atoms with E-state index in [-0.39, 0.29) is 24.2 Å². The first-order valence-corrected chi connectivity index (χ1v) is 8.33. The summed E-state index contributed by atoms with van der Waals surface area (Å²) >= 11 is 0. The zero-order valence-corrected chi connectivity index (χ0v) is 14.5. The first kappa shape index (κ1) is 18.9. The summed E-state index contributed by atoms with van der Waals surface area (Å²) in [5, 5.41) is 12.9. The van der Waals surface area contributed by atoms with Gasteiger partial charge in [-0.15, -0.1) is 0 Å². The number of aliphatic hydroxyl groups excluding tert-OH is 1. The van der Waals surface area contributed by atoms with Gasteiger partial charge in [0, 0.05) is 12.5 Å². The van der Waals surface area contributed by atoms with E-state index >= 15 is 0 Å². The van der Waals surface area contributed by atoms with E-state index in [0.29, 0.717) is 24.2 Å². The van der Waals surface area contributed by atoms with Crippen molar-refractivity contribution in [1.29, 1.82) is 0 Å². The SMILES string of the molecule is COc1ccc(C(O)CNC(=O)C(C)CCc2cccc(F)c2)cc1. The van der Waals surface area contributed by atoms with Crippen molar-refractivity contribution < 1.29 is 19.0 Å². The number of hydrogen-bond acceptors (Lipinski definition) is 3. The average molecular weight is 345 g/mol. The Morgan fingerprint density at radius 1 is 1.24 bits per heavy atom. The quantitative estimate of drug-likeness (QED) is 0.772. The number of hydrogen-bond donors (Lipinski definition) is 2. The van der Waals surface area contributed by atoms with Crippen LogP contribution in [0, 0.1) is 11.7 Å². The largest absolute Gasteiger partial charge is 0.497 e. The van der Waals surface area contributed by atoms with Gasteiger partial charge in [-0.2, -0.15) is 0 Å². The molecule has 0 aliphatic heterocycles. The summed E-state index contributed by atoms with van der Waals surface area (Å²) in [6.45, 7) is 1.98. The minimum Gasteiger partial charge on any atom is -0.497 e. The van der Waals surface area contributed by atoms with Crippen LogP contribution in [0.25, 0.3) is 0 Å². The predicted molar refractivity (Wildman–Crippen MR) is 94.8 cm³/mol. The van der Waals surface area contributed by atoms with Crippen molar-refractivity contribution in [3.63, 3.8) is 0 Å². The van der Waals surface area contributed by atoms with Crippen LogP contribution in [0.2, 0.25) is 0 Å². The number of ether oxygens (including phenoxy) is 1. The van der Waals surface area contributed by atoms with Gasteiger partial charge in [0.1, 0.15) is 11.6 Å². The summed E-state index contributed by atoms with van der Waals surface area (Å²) in [7, 11) is 1.58. The Bertz CT molecular complexity index is 688. The molecule has 25 heavy (non-hydrogen) atoms. The minimum absolute atomic E-state index is 0.121. The molecule has 0 aliphatic rings. The molecule has 2 aromatic rings. The summed E-state index contributed by atoms with van der Waals surface area (Å²) in [4.78, 5) is 12.2. The summed E-state index contributed by atoms with van der Waals surface area (Å²) < 4.78 is 18.2. The molecule has 134 valence electrons. The van der Waals surface area contributed by atoms with Gasteiger partial charge >= 0.3 is 0 Å². The first-order valence-electron chi connectivity index (χ1n) is 8.33. The summed E-state index contributed by atoms with van der Waals surface area (Å²) in [5.74, 6) is 0.110. The number of aliphatic hydroxyl groups is 1. The fourth-order valence-electron chi connectivity index (χ4n) is 2.52. The molecule has 2 aromatic carbocycles. The molecule has 0 aromatic heterocycles. The van der Waals surface area contributed by atoms with Crippen LogP contribution in [0.4, 0.5) is 4.39 Å².